The fourth-order valence-electron chi connectivity index (χ4n) is 1.73. The van der Waals surface area contributed by atoms with Gasteiger partial charge in [0, 0.05) is 26.2 Å². The first-order valence-corrected chi connectivity index (χ1v) is 7.48. The second-order valence-electron chi connectivity index (χ2n) is 4.49. The van der Waals surface area contributed by atoms with Crippen LogP contribution in [0.15, 0.2) is 35.8 Å². The maximum atomic E-state index is 11.8. The fraction of sp³-hybridized carbons (Fsp3) is 0.214. The number of amides is 3. The molecular formula is C14H16N4O3S. The number of hydrogen-bond acceptors (Lipinski definition) is 4. The number of nitrogens with zero attached hydrogens (tertiary/aromatic N) is 1. The van der Waals surface area contributed by atoms with E-state index in [4.69, 9.17) is 0 Å². The maximum absolute atomic E-state index is 11.8. The number of rotatable bonds is 5. The van der Waals surface area contributed by atoms with Gasteiger partial charge in [-0.25, -0.2) is 0 Å². The highest BCUT2D eigenvalue weighted by Crippen LogP contribution is 2.07. The number of hydrogen-bond donors (Lipinski definition) is 3. The van der Waals surface area contributed by atoms with Crippen molar-refractivity contribution >= 4 is 29.1 Å². The smallest absolute Gasteiger partial charge is 0.286 e. The van der Waals surface area contributed by atoms with Crippen LogP contribution in [0.2, 0.25) is 0 Å². The third kappa shape index (κ3) is 4.19. The van der Waals surface area contributed by atoms with Crippen LogP contribution in [0.3, 0.4) is 0 Å². The van der Waals surface area contributed by atoms with Crippen molar-refractivity contribution < 1.29 is 14.4 Å². The van der Waals surface area contributed by atoms with Gasteiger partial charge in [0.1, 0.15) is 5.69 Å². The van der Waals surface area contributed by atoms with Crippen LogP contribution in [-0.4, -0.2) is 28.8 Å². The number of carbonyl (C=O) groups excluding carboxylic acids is 3. The molecule has 0 fully saturated rings. The van der Waals surface area contributed by atoms with Crippen molar-refractivity contribution in [3.63, 3.8) is 0 Å². The van der Waals surface area contributed by atoms with Crippen molar-refractivity contribution in [2.75, 3.05) is 6.54 Å². The molecule has 2 aromatic rings. The van der Waals surface area contributed by atoms with E-state index in [1.165, 1.54) is 11.3 Å². The minimum atomic E-state index is -0.400. The maximum Gasteiger partial charge on any atom is 0.286 e. The quantitative estimate of drug-likeness (QED) is 0.707. The lowest BCUT2D eigenvalue weighted by Gasteiger charge is -2.08. The molecular weight excluding hydrogens is 304 g/mol. The summed E-state index contributed by atoms with van der Waals surface area (Å²) in [4.78, 5) is 35.6. The number of aryl methyl sites for hydroxylation is 1. The van der Waals surface area contributed by atoms with Gasteiger partial charge in [0.15, 0.2) is 0 Å². The highest BCUT2D eigenvalue weighted by atomic mass is 32.1. The summed E-state index contributed by atoms with van der Waals surface area (Å²) in [6, 6.07) is 6.87. The van der Waals surface area contributed by atoms with Crippen LogP contribution in [0.5, 0.6) is 0 Å². The SMILES string of the molecule is Cn1cccc1C(=O)NNC(=O)CCNC(=O)c1cccs1. The first-order chi connectivity index (χ1) is 10.6. The summed E-state index contributed by atoms with van der Waals surface area (Å²) in [6.07, 6.45) is 1.81. The normalized spacial score (nSPS) is 10.0. The third-order valence-electron chi connectivity index (χ3n) is 2.87. The van der Waals surface area contributed by atoms with E-state index in [1.54, 1.807) is 47.5 Å². The van der Waals surface area contributed by atoms with Crippen molar-refractivity contribution in [1.82, 2.24) is 20.7 Å². The number of hydrazine groups is 1. The predicted octanol–water partition coefficient (Wildman–Crippen LogP) is 0.668. The Hall–Kier alpha value is -2.61. The minimum absolute atomic E-state index is 0.0739. The largest absolute Gasteiger partial charge is 0.351 e. The molecule has 3 N–H and O–H groups in total. The van der Waals surface area contributed by atoms with Crippen LogP contribution < -0.4 is 16.2 Å². The first-order valence-electron chi connectivity index (χ1n) is 6.60. The second-order valence-corrected chi connectivity index (χ2v) is 5.44. The van der Waals surface area contributed by atoms with Crippen molar-refractivity contribution in [3.05, 3.63) is 46.4 Å². The van der Waals surface area contributed by atoms with Crippen LogP contribution in [-0.2, 0) is 11.8 Å². The Morgan fingerprint density at radius 3 is 2.59 bits per heavy atom. The molecule has 0 aliphatic rings. The Morgan fingerprint density at radius 2 is 1.95 bits per heavy atom. The highest BCUT2D eigenvalue weighted by Gasteiger charge is 2.10. The molecule has 8 heteroatoms. The van der Waals surface area contributed by atoms with Crippen LogP contribution in [0.4, 0.5) is 0 Å². The number of aromatic nitrogens is 1. The molecule has 0 saturated heterocycles. The van der Waals surface area contributed by atoms with Crippen molar-refractivity contribution in [1.29, 1.82) is 0 Å². The zero-order valence-corrected chi connectivity index (χ0v) is 12.8. The average Bonchev–Trinajstić information content (AvgIpc) is 3.15. The molecule has 0 bridgehead atoms. The molecule has 0 aliphatic heterocycles. The molecule has 0 aliphatic carbocycles. The number of carbonyl (C=O) groups is 3. The van der Waals surface area contributed by atoms with E-state index >= 15 is 0 Å². The van der Waals surface area contributed by atoms with Crippen LogP contribution in [0, 0.1) is 0 Å². The molecule has 0 aromatic carbocycles. The van der Waals surface area contributed by atoms with Gasteiger partial charge in [-0.2, -0.15) is 0 Å². The van der Waals surface area contributed by atoms with E-state index in [2.05, 4.69) is 16.2 Å². The van der Waals surface area contributed by atoms with E-state index in [0.717, 1.165) is 0 Å². The van der Waals surface area contributed by atoms with Gasteiger partial charge in [-0.1, -0.05) is 6.07 Å². The fourth-order valence-corrected chi connectivity index (χ4v) is 2.37. The predicted molar refractivity (Wildman–Crippen MR) is 82.3 cm³/mol. The van der Waals surface area contributed by atoms with Crippen molar-refractivity contribution in [3.8, 4) is 0 Å². The van der Waals surface area contributed by atoms with Gasteiger partial charge in [0.2, 0.25) is 5.91 Å². The molecule has 0 saturated carbocycles. The van der Waals surface area contributed by atoms with Crippen LogP contribution in [0.25, 0.3) is 0 Å². The van der Waals surface area contributed by atoms with Crippen molar-refractivity contribution in [2.45, 2.75) is 6.42 Å². The Balaban J connectivity index is 1.67. The van der Waals surface area contributed by atoms with Gasteiger partial charge in [0.05, 0.1) is 4.88 Å². The summed E-state index contributed by atoms with van der Waals surface area (Å²) in [7, 11) is 1.73. The van der Waals surface area contributed by atoms with Crippen LogP contribution in [0.1, 0.15) is 26.6 Å². The Labute approximate surface area is 131 Å². The molecule has 0 spiro atoms. The molecule has 3 amide bonds. The van der Waals surface area contributed by atoms with Crippen molar-refractivity contribution in [2.24, 2.45) is 7.05 Å². The lowest BCUT2D eigenvalue weighted by molar-refractivity contribution is -0.121. The second kappa shape index (κ2) is 7.41. The summed E-state index contributed by atoms with van der Waals surface area (Å²) < 4.78 is 1.64. The van der Waals surface area contributed by atoms with E-state index in [1.807, 2.05) is 0 Å². The highest BCUT2D eigenvalue weighted by molar-refractivity contribution is 7.12. The van der Waals surface area contributed by atoms with Gasteiger partial charge in [-0.05, 0) is 23.6 Å². The molecule has 116 valence electrons. The van der Waals surface area contributed by atoms with E-state index in [9.17, 15) is 14.4 Å². The third-order valence-corrected chi connectivity index (χ3v) is 3.74. The molecule has 2 aromatic heterocycles. The van der Waals surface area contributed by atoms with Crippen LogP contribution >= 0.6 is 11.3 Å². The van der Waals surface area contributed by atoms with Gasteiger partial charge in [-0.15, -0.1) is 11.3 Å². The molecule has 0 unspecified atom stereocenters. The van der Waals surface area contributed by atoms with Gasteiger partial charge >= 0.3 is 0 Å². The lowest BCUT2D eigenvalue weighted by atomic mass is 10.4. The zero-order chi connectivity index (χ0) is 15.9. The molecule has 2 heterocycles. The average molecular weight is 320 g/mol. The molecule has 0 atom stereocenters. The van der Waals surface area contributed by atoms with E-state index in [-0.39, 0.29) is 24.8 Å². The Morgan fingerprint density at radius 1 is 1.14 bits per heavy atom. The number of thiophene rings is 1. The van der Waals surface area contributed by atoms with E-state index in [0.29, 0.717) is 10.6 Å². The van der Waals surface area contributed by atoms with Gasteiger partial charge in [-0.3, -0.25) is 25.2 Å². The molecule has 7 nitrogen and oxygen atoms in total. The zero-order valence-electron chi connectivity index (χ0n) is 12.0. The topological polar surface area (TPSA) is 92.2 Å². The van der Waals surface area contributed by atoms with Gasteiger partial charge in [0.25, 0.3) is 11.8 Å². The summed E-state index contributed by atoms with van der Waals surface area (Å²) >= 11 is 1.33. The monoisotopic (exact) mass is 320 g/mol. The summed E-state index contributed by atoms with van der Waals surface area (Å²) in [6.45, 7) is 0.197. The Kier molecular flexibility index (Phi) is 5.31. The minimum Gasteiger partial charge on any atom is -0.351 e. The van der Waals surface area contributed by atoms with E-state index < -0.39 is 5.91 Å². The first kappa shape index (κ1) is 15.8. The molecule has 0 radical (unpaired) electrons. The number of nitrogens with one attached hydrogen (secondary N) is 3. The summed E-state index contributed by atoms with van der Waals surface area (Å²) in [5.41, 5.74) is 5.06. The standard InChI is InChI=1S/C14H16N4O3S/c1-18-8-2-4-10(18)13(20)17-16-12(19)6-7-15-14(21)11-5-3-9-22-11/h2-5,8-9H,6-7H2,1H3,(H,15,21)(H,16,19)(H,17,20). The molecule has 22 heavy (non-hydrogen) atoms. The summed E-state index contributed by atoms with van der Waals surface area (Å²) in [5.74, 6) is -0.992. The lowest BCUT2D eigenvalue weighted by Crippen LogP contribution is -2.43. The molecule has 2 rings (SSSR count). The van der Waals surface area contributed by atoms with Gasteiger partial charge < -0.3 is 9.88 Å². The summed E-state index contributed by atoms with van der Waals surface area (Å²) in [5, 5.41) is 4.44. The Bertz CT molecular complexity index is 663.